The zero-order chi connectivity index (χ0) is 16.5. The van der Waals surface area contributed by atoms with Gasteiger partial charge in [0.2, 0.25) is 0 Å². The number of fused-ring (bicyclic) bond motifs is 2. The first kappa shape index (κ1) is 15.0. The summed E-state index contributed by atoms with van der Waals surface area (Å²) in [6, 6.07) is 14.1. The van der Waals surface area contributed by atoms with E-state index in [1.165, 1.54) is 12.1 Å². The molecule has 0 aliphatic carbocycles. The lowest BCUT2D eigenvalue weighted by Gasteiger charge is -2.19. The van der Waals surface area contributed by atoms with Gasteiger partial charge < -0.3 is 0 Å². The van der Waals surface area contributed by atoms with E-state index in [-0.39, 0.29) is 11.4 Å². The second kappa shape index (κ2) is 6.17. The Morgan fingerprint density at radius 2 is 1.79 bits per heavy atom. The van der Waals surface area contributed by atoms with E-state index in [0.717, 1.165) is 43.0 Å². The van der Waals surface area contributed by atoms with Crippen molar-refractivity contribution in [2.45, 2.75) is 19.5 Å². The van der Waals surface area contributed by atoms with Gasteiger partial charge in [-0.2, -0.15) is 0 Å². The number of aromatic nitrogens is 2. The van der Waals surface area contributed by atoms with E-state index in [0.29, 0.717) is 11.9 Å². The van der Waals surface area contributed by atoms with Crippen LogP contribution >= 0.6 is 0 Å². The molecule has 0 saturated heterocycles. The third-order valence-corrected chi connectivity index (χ3v) is 4.55. The van der Waals surface area contributed by atoms with Crippen molar-refractivity contribution in [2.75, 3.05) is 13.1 Å². The topological polar surface area (TPSA) is 38.1 Å². The highest BCUT2D eigenvalue weighted by molar-refractivity contribution is 5.77. The zero-order valence-electron chi connectivity index (χ0n) is 13.3. The lowest BCUT2D eigenvalue weighted by atomic mass is 10.2. The molecule has 0 atom stereocenters. The molecule has 1 aromatic heterocycles. The Kier molecular flexibility index (Phi) is 3.86. The van der Waals surface area contributed by atoms with Crippen LogP contribution in [0.2, 0.25) is 0 Å². The highest BCUT2D eigenvalue weighted by Crippen LogP contribution is 2.13. The molecule has 1 aliphatic heterocycles. The van der Waals surface area contributed by atoms with Gasteiger partial charge in [-0.15, -0.1) is 0 Å². The van der Waals surface area contributed by atoms with Crippen molar-refractivity contribution in [3.63, 3.8) is 0 Å². The SMILES string of the molecule is O=c1c2ccccc2nc2n1CCN(Cc1ccc(F)cc1)CC2. The van der Waals surface area contributed by atoms with Crippen LogP contribution in [0.3, 0.4) is 0 Å². The van der Waals surface area contributed by atoms with Gasteiger partial charge in [-0.1, -0.05) is 24.3 Å². The summed E-state index contributed by atoms with van der Waals surface area (Å²) in [5.41, 5.74) is 1.88. The minimum Gasteiger partial charge on any atom is -0.297 e. The summed E-state index contributed by atoms with van der Waals surface area (Å²) < 4.78 is 14.8. The van der Waals surface area contributed by atoms with Crippen LogP contribution in [0.1, 0.15) is 11.4 Å². The highest BCUT2D eigenvalue weighted by Gasteiger charge is 2.17. The predicted octanol–water partition coefficient (Wildman–Crippen LogP) is 2.59. The van der Waals surface area contributed by atoms with Crippen molar-refractivity contribution in [3.8, 4) is 0 Å². The number of nitrogens with zero attached hydrogens (tertiary/aromatic N) is 3. The standard InChI is InChI=1S/C19H18FN3O/c20-15-7-5-14(6-8-15)13-22-10-9-18-21-17-4-2-1-3-16(17)19(24)23(18)12-11-22/h1-8H,9-13H2. The number of para-hydroxylation sites is 1. The van der Waals surface area contributed by atoms with Crippen molar-refractivity contribution < 1.29 is 4.39 Å². The van der Waals surface area contributed by atoms with Crippen LogP contribution < -0.4 is 5.56 Å². The minimum absolute atomic E-state index is 0.0410. The Morgan fingerprint density at radius 1 is 1.00 bits per heavy atom. The van der Waals surface area contributed by atoms with Gasteiger partial charge in [-0.3, -0.25) is 14.3 Å². The van der Waals surface area contributed by atoms with Gasteiger partial charge in [0.15, 0.2) is 0 Å². The number of hydrogen-bond acceptors (Lipinski definition) is 3. The van der Waals surface area contributed by atoms with Crippen LogP contribution in [0, 0.1) is 5.82 Å². The predicted molar refractivity (Wildman–Crippen MR) is 91.4 cm³/mol. The quantitative estimate of drug-likeness (QED) is 0.727. The number of benzene rings is 2. The van der Waals surface area contributed by atoms with Crippen LogP contribution in [-0.2, 0) is 19.5 Å². The molecule has 0 radical (unpaired) electrons. The van der Waals surface area contributed by atoms with Crippen molar-refractivity contribution in [1.29, 1.82) is 0 Å². The van der Waals surface area contributed by atoms with Crippen LogP contribution in [-0.4, -0.2) is 27.5 Å². The molecule has 122 valence electrons. The van der Waals surface area contributed by atoms with Crippen molar-refractivity contribution in [1.82, 2.24) is 14.5 Å². The Hall–Kier alpha value is -2.53. The Morgan fingerprint density at radius 3 is 2.62 bits per heavy atom. The average molecular weight is 323 g/mol. The van der Waals surface area contributed by atoms with Crippen LogP contribution in [0.15, 0.2) is 53.3 Å². The molecule has 0 bridgehead atoms. The summed E-state index contributed by atoms with van der Waals surface area (Å²) in [5, 5.41) is 0.674. The first-order valence-corrected chi connectivity index (χ1v) is 8.16. The van der Waals surface area contributed by atoms with E-state index in [1.807, 2.05) is 36.4 Å². The van der Waals surface area contributed by atoms with Crippen LogP contribution in [0.4, 0.5) is 4.39 Å². The van der Waals surface area contributed by atoms with Crippen molar-refractivity contribution in [3.05, 3.63) is 76.1 Å². The molecule has 4 rings (SSSR count). The van der Waals surface area contributed by atoms with Gasteiger partial charge in [0, 0.05) is 32.6 Å². The molecule has 4 nitrogen and oxygen atoms in total. The smallest absolute Gasteiger partial charge is 0.261 e. The summed E-state index contributed by atoms with van der Waals surface area (Å²) >= 11 is 0. The molecule has 1 aliphatic rings. The Bertz CT molecular complexity index is 933. The van der Waals surface area contributed by atoms with E-state index in [1.54, 1.807) is 4.57 Å². The molecule has 0 amide bonds. The van der Waals surface area contributed by atoms with Crippen molar-refractivity contribution in [2.24, 2.45) is 0 Å². The summed E-state index contributed by atoms with van der Waals surface area (Å²) in [6.07, 6.45) is 0.737. The number of rotatable bonds is 2. The highest BCUT2D eigenvalue weighted by atomic mass is 19.1. The second-order valence-corrected chi connectivity index (χ2v) is 6.15. The summed E-state index contributed by atoms with van der Waals surface area (Å²) in [4.78, 5) is 19.7. The first-order chi connectivity index (χ1) is 11.7. The van der Waals surface area contributed by atoms with Gasteiger partial charge in [0.25, 0.3) is 5.56 Å². The first-order valence-electron chi connectivity index (χ1n) is 8.16. The fourth-order valence-electron chi connectivity index (χ4n) is 3.25. The lowest BCUT2D eigenvalue weighted by molar-refractivity contribution is 0.271. The molecule has 5 heteroatoms. The molecule has 0 spiro atoms. The molecule has 0 unspecified atom stereocenters. The largest absolute Gasteiger partial charge is 0.297 e. The molecule has 3 aromatic rings. The Labute approximate surface area is 139 Å². The third kappa shape index (κ3) is 2.83. The number of halogens is 1. The molecule has 0 N–H and O–H groups in total. The molecular formula is C19H18FN3O. The zero-order valence-corrected chi connectivity index (χ0v) is 13.3. The van der Waals surface area contributed by atoms with E-state index in [2.05, 4.69) is 9.88 Å². The second-order valence-electron chi connectivity index (χ2n) is 6.15. The molecule has 2 heterocycles. The maximum atomic E-state index is 13.0. The van der Waals surface area contributed by atoms with Gasteiger partial charge in [0.05, 0.1) is 10.9 Å². The third-order valence-electron chi connectivity index (χ3n) is 4.55. The van der Waals surface area contributed by atoms with Gasteiger partial charge >= 0.3 is 0 Å². The fraction of sp³-hybridized carbons (Fsp3) is 0.263. The summed E-state index contributed by atoms with van der Waals surface area (Å²) in [7, 11) is 0. The van der Waals surface area contributed by atoms with Crippen molar-refractivity contribution >= 4 is 10.9 Å². The maximum Gasteiger partial charge on any atom is 0.261 e. The molecule has 2 aromatic carbocycles. The maximum absolute atomic E-state index is 13.0. The fourth-order valence-corrected chi connectivity index (χ4v) is 3.25. The van der Waals surface area contributed by atoms with Gasteiger partial charge in [-0.25, -0.2) is 9.37 Å². The summed E-state index contributed by atoms with van der Waals surface area (Å²) in [5.74, 6) is 0.629. The van der Waals surface area contributed by atoms with Crippen LogP contribution in [0.25, 0.3) is 10.9 Å². The van der Waals surface area contributed by atoms with E-state index in [4.69, 9.17) is 0 Å². The number of hydrogen-bond donors (Lipinski definition) is 0. The van der Waals surface area contributed by atoms with E-state index < -0.39 is 0 Å². The molecule has 24 heavy (non-hydrogen) atoms. The van der Waals surface area contributed by atoms with Gasteiger partial charge in [-0.05, 0) is 29.8 Å². The van der Waals surface area contributed by atoms with Gasteiger partial charge in [0.1, 0.15) is 11.6 Å². The molecule has 0 fully saturated rings. The minimum atomic E-state index is -0.218. The van der Waals surface area contributed by atoms with Crippen LogP contribution in [0.5, 0.6) is 0 Å². The monoisotopic (exact) mass is 323 g/mol. The Balaban J connectivity index is 1.59. The average Bonchev–Trinajstić information content (AvgIpc) is 2.80. The summed E-state index contributed by atoms with van der Waals surface area (Å²) in [6.45, 7) is 3.00. The van der Waals surface area contributed by atoms with E-state index >= 15 is 0 Å². The van der Waals surface area contributed by atoms with E-state index in [9.17, 15) is 9.18 Å². The normalized spacial score (nSPS) is 15.2. The lowest BCUT2D eigenvalue weighted by Crippen LogP contribution is -2.28. The molecular weight excluding hydrogens is 305 g/mol. The molecule has 0 saturated carbocycles.